The van der Waals surface area contributed by atoms with Gasteiger partial charge in [0.25, 0.3) is 0 Å². The van der Waals surface area contributed by atoms with Crippen molar-refractivity contribution in [3.8, 4) is 0 Å². The second-order valence-electron chi connectivity index (χ2n) is 6.07. The maximum absolute atomic E-state index is 6.10. The molecule has 0 unspecified atom stereocenters. The zero-order valence-electron chi connectivity index (χ0n) is 13.5. The van der Waals surface area contributed by atoms with Crippen molar-refractivity contribution in [2.24, 2.45) is 0 Å². The van der Waals surface area contributed by atoms with Gasteiger partial charge in [0.15, 0.2) is 0 Å². The molecule has 5 nitrogen and oxygen atoms in total. The van der Waals surface area contributed by atoms with Crippen molar-refractivity contribution >= 4 is 62.5 Å². The van der Waals surface area contributed by atoms with Crippen LogP contribution < -0.4 is 5.32 Å². The Kier molecular flexibility index (Phi) is 5.35. The number of nitrogens with one attached hydrogen (secondary N) is 1. The van der Waals surface area contributed by atoms with Crippen LogP contribution in [-0.2, 0) is 6.54 Å². The van der Waals surface area contributed by atoms with E-state index >= 15 is 0 Å². The number of nitrogens with zero attached hydrogens (tertiary/aromatic N) is 4. The van der Waals surface area contributed by atoms with E-state index in [4.69, 9.17) is 21.6 Å². The van der Waals surface area contributed by atoms with Crippen LogP contribution in [0.4, 0.5) is 5.82 Å². The van der Waals surface area contributed by atoms with E-state index in [2.05, 4.69) is 53.8 Å². The van der Waals surface area contributed by atoms with Gasteiger partial charge in [-0.05, 0) is 30.4 Å². The molecule has 0 aliphatic carbocycles. The SMILES string of the molecule is Clc1cc2c(NCc3cccs3)nc(C3CCN(I)CC3)nc2cn1. The second-order valence-corrected chi connectivity index (χ2v) is 8.86. The average molecular weight is 486 g/mol. The van der Waals surface area contributed by atoms with Crippen molar-refractivity contribution in [2.45, 2.75) is 25.3 Å². The summed E-state index contributed by atoms with van der Waals surface area (Å²) in [4.78, 5) is 15.1. The zero-order chi connectivity index (χ0) is 17.2. The normalized spacial score (nSPS) is 16.4. The molecule has 0 radical (unpaired) electrons. The van der Waals surface area contributed by atoms with E-state index in [1.54, 1.807) is 17.5 Å². The van der Waals surface area contributed by atoms with Crippen LogP contribution in [0.15, 0.2) is 29.8 Å². The minimum absolute atomic E-state index is 0.397. The fourth-order valence-electron chi connectivity index (χ4n) is 3.03. The van der Waals surface area contributed by atoms with Crippen molar-refractivity contribution in [3.63, 3.8) is 0 Å². The molecule has 1 aliphatic heterocycles. The number of rotatable bonds is 4. The van der Waals surface area contributed by atoms with Gasteiger partial charge in [0.05, 0.1) is 18.3 Å². The number of hydrogen-bond acceptors (Lipinski definition) is 6. The molecule has 8 heteroatoms. The van der Waals surface area contributed by atoms with E-state index in [-0.39, 0.29) is 0 Å². The van der Waals surface area contributed by atoms with Crippen LogP contribution in [0.1, 0.15) is 29.5 Å². The zero-order valence-corrected chi connectivity index (χ0v) is 17.2. The van der Waals surface area contributed by atoms with Crippen LogP contribution in [0.2, 0.25) is 5.15 Å². The van der Waals surface area contributed by atoms with Crippen LogP contribution in [0, 0.1) is 0 Å². The second kappa shape index (κ2) is 7.69. The predicted octanol–water partition coefficient (Wildman–Crippen LogP) is 4.88. The summed E-state index contributed by atoms with van der Waals surface area (Å²) in [5.74, 6) is 2.15. The highest BCUT2D eigenvalue weighted by Gasteiger charge is 2.23. The number of anilines is 1. The van der Waals surface area contributed by atoms with Crippen LogP contribution in [-0.4, -0.2) is 31.2 Å². The maximum Gasteiger partial charge on any atom is 0.138 e. The third-order valence-electron chi connectivity index (χ3n) is 4.38. The van der Waals surface area contributed by atoms with Crippen LogP contribution in [0.3, 0.4) is 0 Å². The van der Waals surface area contributed by atoms with Gasteiger partial charge < -0.3 is 5.32 Å². The molecule has 4 rings (SSSR count). The lowest BCUT2D eigenvalue weighted by molar-refractivity contribution is 0.360. The van der Waals surface area contributed by atoms with Crippen molar-refractivity contribution in [2.75, 3.05) is 18.4 Å². The summed E-state index contributed by atoms with van der Waals surface area (Å²) in [7, 11) is 0. The lowest BCUT2D eigenvalue weighted by atomic mass is 9.97. The van der Waals surface area contributed by atoms with E-state index < -0.39 is 0 Å². The van der Waals surface area contributed by atoms with Gasteiger partial charge in [0.2, 0.25) is 0 Å². The van der Waals surface area contributed by atoms with Crippen LogP contribution in [0.25, 0.3) is 10.9 Å². The van der Waals surface area contributed by atoms with E-state index in [0.717, 1.165) is 55.0 Å². The third-order valence-corrected chi connectivity index (χ3v) is 6.43. The molecule has 0 spiro atoms. The molecule has 3 aromatic heterocycles. The number of piperidine rings is 1. The molecule has 1 saturated heterocycles. The summed E-state index contributed by atoms with van der Waals surface area (Å²) in [5, 5.41) is 6.93. The molecule has 1 aliphatic rings. The van der Waals surface area contributed by atoms with Gasteiger partial charge in [-0.25, -0.2) is 18.1 Å². The first-order chi connectivity index (χ1) is 12.2. The number of hydrogen-bond donors (Lipinski definition) is 1. The molecular formula is C17H17ClIN5S. The molecular weight excluding hydrogens is 469 g/mol. The predicted molar refractivity (Wildman–Crippen MR) is 112 cm³/mol. The monoisotopic (exact) mass is 485 g/mol. The van der Waals surface area contributed by atoms with Crippen molar-refractivity contribution in [1.82, 2.24) is 18.1 Å². The minimum atomic E-state index is 0.397. The highest BCUT2D eigenvalue weighted by molar-refractivity contribution is 14.1. The van der Waals surface area contributed by atoms with Crippen molar-refractivity contribution in [3.05, 3.63) is 45.6 Å². The Bertz CT molecular complexity index is 865. The number of halogens is 2. The summed E-state index contributed by atoms with van der Waals surface area (Å²) in [6.07, 6.45) is 3.91. The summed E-state index contributed by atoms with van der Waals surface area (Å²) in [5.41, 5.74) is 0.847. The molecule has 0 saturated carbocycles. The van der Waals surface area contributed by atoms with Gasteiger partial charge >= 0.3 is 0 Å². The van der Waals surface area contributed by atoms with Gasteiger partial charge in [0.1, 0.15) is 16.8 Å². The smallest absolute Gasteiger partial charge is 0.138 e. The molecule has 1 fully saturated rings. The molecule has 4 heterocycles. The fraction of sp³-hybridized carbons (Fsp3) is 0.353. The standard InChI is InChI=1S/C17H17ClIN5S/c18-15-8-13-14(10-20-15)22-16(11-3-5-24(19)6-4-11)23-17(13)21-9-12-2-1-7-25-12/h1-2,7-8,10-11H,3-6,9H2,(H,21,22,23). The summed E-state index contributed by atoms with van der Waals surface area (Å²) in [6, 6.07) is 6.02. The summed E-state index contributed by atoms with van der Waals surface area (Å²) in [6.45, 7) is 2.89. The molecule has 130 valence electrons. The third kappa shape index (κ3) is 4.05. The lowest BCUT2D eigenvalue weighted by Gasteiger charge is -2.26. The van der Waals surface area contributed by atoms with E-state index in [1.165, 1.54) is 4.88 Å². The van der Waals surface area contributed by atoms with Gasteiger partial charge in [0, 0.05) is 52.1 Å². The molecule has 0 atom stereocenters. The number of thiophene rings is 1. The summed E-state index contributed by atoms with van der Waals surface area (Å²) >= 11 is 10.2. The highest BCUT2D eigenvalue weighted by atomic mass is 127. The molecule has 0 bridgehead atoms. The van der Waals surface area contributed by atoms with Gasteiger partial charge in [-0.2, -0.15) is 0 Å². The first-order valence-electron chi connectivity index (χ1n) is 8.19. The van der Waals surface area contributed by atoms with Gasteiger partial charge in [-0.15, -0.1) is 11.3 Å². The van der Waals surface area contributed by atoms with E-state index in [1.807, 2.05) is 6.07 Å². The molecule has 25 heavy (non-hydrogen) atoms. The number of fused-ring (bicyclic) bond motifs is 1. The summed E-state index contributed by atoms with van der Waals surface area (Å²) < 4.78 is 2.33. The molecule has 0 aromatic carbocycles. The van der Waals surface area contributed by atoms with Crippen molar-refractivity contribution in [1.29, 1.82) is 0 Å². The largest absolute Gasteiger partial charge is 0.365 e. The first-order valence-corrected chi connectivity index (χ1v) is 10.4. The Morgan fingerprint density at radius 2 is 2.16 bits per heavy atom. The molecule has 0 amide bonds. The Balaban J connectivity index is 1.68. The molecule has 1 N–H and O–H groups in total. The minimum Gasteiger partial charge on any atom is -0.365 e. The Morgan fingerprint density at radius 3 is 2.92 bits per heavy atom. The first kappa shape index (κ1) is 17.4. The fourth-order valence-corrected chi connectivity index (χ4v) is 4.39. The number of pyridine rings is 1. The van der Waals surface area contributed by atoms with E-state index in [9.17, 15) is 0 Å². The molecule has 3 aromatic rings. The lowest BCUT2D eigenvalue weighted by Crippen LogP contribution is -2.26. The maximum atomic E-state index is 6.10. The van der Waals surface area contributed by atoms with Gasteiger partial charge in [-0.3, -0.25) is 0 Å². The Morgan fingerprint density at radius 1 is 1.32 bits per heavy atom. The van der Waals surface area contributed by atoms with Crippen molar-refractivity contribution < 1.29 is 0 Å². The van der Waals surface area contributed by atoms with Crippen LogP contribution in [0.5, 0.6) is 0 Å². The quantitative estimate of drug-likeness (QED) is 0.324. The van der Waals surface area contributed by atoms with Gasteiger partial charge in [-0.1, -0.05) is 17.7 Å². The Labute approximate surface area is 169 Å². The number of aromatic nitrogens is 3. The topological polar surface area (TPSA) is 53.9 Å². The Hall–Kier alpha value is -1.03. The van der Waals surface area contributed by atoms with Crippen LogP contribution >= 0.6 is 45.8 Å². The average Bonchev–Trinajstić information content (AvgIpc) is 3.14. The van der Waals surface area contributed by atoms with E-state index in [0.29, 0.717) is 11.1 Å². The highest BCUT2D eigenvalue weighted by Crippen LogP contribution is 2.31.